The topological polar surface area (TPSA) is 12.0 Å². The molecule has 0 fully saturated rings. The highest BCUT2D eigenvalue weighted by Crippen LogP contribution is 2.30. The van der Waals surface area contributed by atoms with Gasteiger partial charge in [0.25, 0.3) is 0 Å². The lowest BCUT2D eigenvalue weighted by molar-refractivity contribution is 0.418. The van der Waals surface area contributed by atoms with Crippen LogP contribution in [-0.4, -0.2) is 0 Å². The molecule has 110 valence electrons. The van der Waals surface area contributed by atoms with E-state index in [0.717, 1.165) is 6.54 Å². The third-order valence-corrected chi connectivity index (χ3v) is 6.28. The maximum atomic E-state index is 3.72. The first-order chi connectivity index (χ1) is 10.2. The Labute approximate surface area is 138 Å². The third kappa shape index (κ3) is 3.64. The van der Waals surface area contributed by atoms with Crippen LogP contribution in [0.4, 0.5) is 0 Å². The van der Waals surface area contributed by atoms with Crippen LogP contribution >= 0.6 is 34.0 Å². The smallest absolute Gasteiger partial charge is 0.0440 e. The lowest BCUT2D eigenvalue weighted by Crippen LogP contribution is -2.24. The van der Waals surface area contributed by atoms with Gasteiger partial charge < -0.3 is 5.32 Å². The maximum absolute atomic E-state index is 3.72. The summed E-state index contributed by atoms with van der Waals surface area (Å²) >= 11 is 5.49. The number of thiophene rings is 3. The van der Waals surface area contributed by atoms with E-state index in [1.807, 2.05) is 22.7 Å². The van der Waals surface area contributed by atoms with Crippen LogP contribution in [0.3, 0.4) is 0 Å². The summed E-state index contributed by atoms with van der Waals surface area (Å²) in [5.41, 5.74) is 1.35. The number of hydrogen-bond donors (Lipinski definition) is 1. The number of hydrogen-bond acceptors (Lipinski definition) is 4. The maximum Gasteiger partial charge on any atom is 0.0440 e. The van der Waals surface area contributed by atoms with Crippen LogP contribution < -0.4 is 5.32 Å². The van der Waals surface area contributed by atoms with Crippen LogP contribution in [0.25, 0.3) is 10.4 Å². The second kappa shape index (κ2) is 6.88. The Balaban J connectivity index is 1.67. The van der Waals surface area contributed by atoms with Crippen LogP contribution in [0.2, 0.25) is 0 Å². The van der Waals surface area contributed by atoms with Crippen LogP contribution in [0.1, 0.15) is 29.6 Å². The van der Waals surface area contributed by atoms with Gasteiger partial charge in [0.1, 0.15) is 0 Å². The van der Waals surface area contributed by atoms with Crippen molar-refractivity contribution in [2.75, 3.05) is 0 Å². The molecule has 3 aromatic heterocycles. The fourth-order valence-corrected chi connectivity index (χ4v) is 4.99. The Hall–Kier alpha value is -0.940. The highest BCUT2D eigenvalue weighted by Gasteiger charge is 2.16. The Morgan fingerprint density at radius 1 is 1.05 bits per heavy atom. The van der Waals surface area contributed by atoms with Crippen molar-refractivity contribution in [1.82, 2.24) is 5.32 Å². The van der Waals surface area contributed by atoms with Gasteiger partial charge in [-0.15, -0.1) is 34.0 Å². The standard InChI is InChI=1S/C17H19NS3/c1-12(2)17(16-6-4-8-20-16)18-10-14-9-13(11-21-14)15-5-3-7-19-15/h3-9,11-12,17-18H,10H2,1-2H3. The zero-order chi connectivity index (χ0) is 14.7. The molecule has 0 saturated heterocycles. The molecule has 4 heteroatoms. The molecule has 3 heterocycles. The van der Waals surface area contributed by atoms with E-state index in [-0.39, 0.29) is 0 Å². The molecular weight excluding hydrogens is 314 g/mol. The van der Waals surface area contributed by atoms with E-state index in [1.54, 1.807) is 11.3 Å². The monoisotopic (exact) mass is 333 g/mol. The van der Waals surface area contributed by atoms with E-state index in [2.05, 4.69) is 65.6 Å². The summed E-state index contributed by atoms with van der Waals surface area (Å²) in [4.78, 5) is 4.19. The molecule has 1 nitrogen and oxygen atoms in total. The van der Waals surface area contributed by atoms with Gasteiger partial charge in [0.05, 0.1) is 0 Å². The first-order valence-electron chi connectivity index (χ1n) is 7.12. The average Bonchev–Trinajstić information content (AvgIpc) is 3.21. The van der Waals surface area contributed by atoms with Gasteiger partial charge in [0.15, 0.2) is 0 Å². The minimum atomic E-state index is 0.442. The Bertz CT molecular complexity index is 650. The predicted octanol–water partition coefficient (Wildman–Crippen LogP) is 6.03. The summed E-state index contributed by atoms with van der Waals surface area (Å²) in [5.74, 6) is 0.598. The SMILES string of the molecule is CC(C)C(NCc1cc(-c2cccs2)cs1)c1cccs1. The summed E-state index contributed by atoms with van der Waals surface area (Å²) < 4.78 is 0. The van der Waals surface area contributed by atoms with E-state index in [1.165, 1.54) is 20.2 Å². The molecule has 0 radical (unpaired) electrons. The molecule has 1 atom stereocenters. The van der Waals surface area contributed by atoms with Crippen molar-refractivity contribution in [2.24, 2.45) is 5.92 Å². The first kappa shape index (κ1) is 15.0. The van der Waals surface area contributed by atoms with Gasteiger partial charge in [-0.1, -0.05) is 26.0 Å². The molecule has 0 amide bonds. The molecule has 0 spiro atoms. The van der Waals surface area contributed by atoms with E-state index in [0.29, 0.717) is 12.0 Å². The normalized spacial score (nSPS) is 12.9. The van der Waals surface area contributed by atoms with Crippen molar-refractivity contribution in [1.29, 1.82) is 0 Å². The zero-order valence-electron chi connectivity index (χ0n) is 12.2. The van der Waals surface area contributed by atoms with Crippen LogP contribution in [-0.2, 0) is 6.54 Å². The Kier molecular flexibility index (Phi) is 4.91. The summed E-state index contributed by atoms with van der Waals surface area (Å²) in [7, 11) is 0. The van der Waals surface area contributed by atoms with Gasteiger partial charge in [0, 0.05) is 32.8 Å². The third-order valence-electron chi connectivity index (χ3n) is 3.47. The molecule has 0 aromatic carbocycles. The molecule has 1 N–H and O–H groups in total. The van der Waals surface area contributed by atoms with Crippen molar-refractivity contribution < 1.29 is 0 Å². The van der Waals surface area contributed by atoms with Gasteiger partial charge in [-0.25, -0.2) is 0 Å². The highest BCUT2D eigenvalue weighted by atomic mass is 32.1. The molecule has 0 aliphatic heterocycles. The van der Waals surface area contributed by atoms with Crippen molar-refractivity contribution in [3.63, 3.8) is 0 Å². The van der Waals surface area contributed by atoms with E-state index in [9.17, 15) is 0 Å². The van der Waals surface area contributed by atoms with Crippen LogP contribution in [0.5, 0.6) is 0 Å². The van der Waals surface area contributed by atoms with Crippen molar-refractivity contribution in [2.45, 2.75) is 26.4 Å². The van der Waals surface area contributed by atoms with Gasteiger partial charge in [-0.3, -0.25) is 0 Å². The van der Waals surface area contributed by atoms with Crippen LogP contribution in [0.15, 0.2) is 46.5 Å². The quantitative estimate of drug-likeness (QED) is 0.581. The molecule has 0 bridgehead atoms. The molecule has 0 aliphatic carbocycles. The molecule has 21 heavy (non-hydrogen) atoms. The molecular formula is C17H19NS3. The first-order valence-corrected chi connectivity index (χ1v) is 9.76. The minimum Gasteiger partial charge on any atom is -0.304 e. The Morgan fingerprint density at radius 2 is 1.86 bits per heavy atom. The fraction of sp³-hybridized carbons (Fsp3) is 0.294. The van der Waals surface area contributed by atoms with Crippen molar-refractivity contribution in [3.8, 4) is 10.4 Å². The van der Waals surface area contributed by atoms with E-state index < -0.39 is 0 Å². The van der Waals surface area contributed by atoms with E-state index >= 15 is 0 Å². The lowest BCUT2D eigenvalue weighted by atomic mass is 10.0. The predicted molar refractivity (Wildman–Crippen MR) is 96.4 cm³/mol. The zero-order valence-corrected chi connectivity index (χ0v) is 14.7. The number of rotatable bonds is 6. The average molecular weight is 334 g/mol. The second-order valence-electron chi connectivity index (χ2n) is 5.40. The summed E-state index contributed by atoms with van der Waals surface area (Å²) in [6, 6.07) is 11.4. The fourth-order valence-electron chi connectivity index (χ4n) is 2.39. The molecule has 0 aliphatic rings. The summed E-state index contributed by atoms with van der Waals surface area (Å²) in [5, 5.41) is 10.3. The molecule has 1 unspecified atom stereocenters. The van der Waals surface area contributed by atoms with Crippen molar-refractivity contribution in [3.05, 3.63) is 56.2 Å². The van der Waals surface area contributed by atoms with E-state index in [4.69, 9.17) is 0 Å². The van der Waals surface area contributed by atoms with Crippen molar-refractivity contribution >= 4 is 34.0 Å². The van der Waals surface area contributed by atoms with Gasteiger partial charge in [0.2, 0.25) is 0 Å². The summed E-state index contributed by atoms with van der Waals surface area (Å²) in [6.07, 6.45) is 0. The van der Waals surface area contributed by atoms with Crippen LogP contribution in [0, 0.1) is 5.92 Å². The second-order valence-corrected chi connectivity index (χ2v) is 8.32. The van der Waals surface area contributed by atoms with Gasteiger partial charge >= 0.3 is 0 Å². The molecule has 3 rings (SSSR count). The largest absolute Gasteiger partial charge is 0.304 e. The molecule has 3 aromatic rings. The molecule has 0 saturated carbocycles. The number of nitrogens with one attached hydrogen (secondary N) is 1. The van der Waals surface area contributed by atoms with Gasteiger partial charge in [-0.2, -0.15) is 0 Å². The lowest BCUT2D eigenvalue weighted by Gasteiger charge is -2.20. The van der Waals surface area contributed by atoms with Gasteiger partial charge in [-0.05, 0) is 40.3 Å². The highest BCUT2D eigenvalue weighted by molar-refractivity contribution is 7.14. The minimum absolute atomic E-state index is 0.442. The summed E-state index contributed by atoms with van der Waals surface area (Å²) in [6.45, 7) is 5.50. The Morgan fingerprint density at radius 3 is 2.52 bits per heavy atom.